The van der Waals surface area contributed by atoms with E-state index in [1.54, 1.807) is 10.9 Å². The molecule has 0 saturated heterocycles. The Labute approximate surface area is 119 Å². The minimum atomic E-state index is -0.390. The molecule has 0 radical (unpaired) electrons. The molecule has 0 aliphatic carbocycles. The Morgan fingerprint density at radius 2 is 2.10 bits per heavy atom. The van der Waals surface area contributed by atoms with Crippen LogP contribution in [0.3, 0.4) is 0 Å². The lowest BCUT2D eigenvalue weighted by Gasteiger charge is -2.16. The Hall–Kier alpha value is -2.17. The Bertz CT molecular complexity index is 596. The van der Waals surface area contributed by atoms with Gasteiger partial charge < -0.3 is 5.32 Å². The van der Waals surface area contributed by atoms with Crippen LogP contribution in [0.15, 0.2) is 30.5 Å². The second kappa shape index (κ2) is 5.45. The number of nitrogens with zero attached hydrogens (tertiary/aromatic N) is 3. The fraction of sp³-hybridized carbons (Fsp3) is 0.400. The van der Waals surface area contributed by atoms with Crippen LogP contribution >= 0.6 is 0 Å². The van der Waals surface area contributed by atoms with Crippen LogP contribution in [0.2, 0.25) is 0 Å². The number of carbonyl (C=O) groups is 1. The van der Waals surface area contributed by atoms with Crippen LogP contribution in [-0.4, -0.2) is 20.7 Å². The van der Waals surface area contributed by atoms with E-state index in [9.17, 15) is 4.79 Å². The van der Waals surface area contributed by atoms with Gasteiger partial charge in [-0.1, -0.05) is 26.8 Å². The van der Waals surface area contributed by atoms with Crippen molar-refractivity contribution in [3.05, 3.63) is 36.2 Å². The van der Waals surface area contributed by atoms with Gasteiger partial charge in [-0.15, -0.1) is 0 Å². The van der Waals surface area contributed by atoms with Crippen LogP contribution in [0.25, 0.3) is 11.4 Å². The topological polar surface area (TPSA) is 59.8 Å². The minimum absolute atomic E-state index is 0.0162. The molecular weight excluding hydrogens is 252 g/mol. The van der Waals surface area contributed by atoms with Crippen molar-refractivity contribution in [1.82, 2.24) is 20.1 Å². The Kier molecular flexibility index (Phi) is 3.88. The largest absolute Gasteiger partial charge is 0.350 e. The van der Waals surface area contributed by atoms with Crippen molar-refractivity contribution in [2.75, 3.05) is 0 Å². The molecule has 1 N–H and O–H groups in total. The highest BCUT2D eigenvalue weighted by molar-refractivity contribution is 5.81. The van der Waals surface area contributed by atoms with Gasteiger partial charge in [0, 0.05) is 18.7 Å². The molecule has 5 heteroatoms. The Morgan fingerprint density at radius 3 is 2.70 bits per heavy atom. The van der Waals surface area contributed by atoms with Crippen LogP contribution in [0.4, 0.5) is 0 Å². The monoisotopic (exact) mass is 272 g/mol. The molecule has 0 bridgehead atoms. The van der Waals surface area contributed by atoms with Gasteiger partial charge in [-0.2, -0.15) is 5.10 Å². The van der Waals surface area contributed by atoms with Crippen LogP contribution in [0, 0.1) is 5.41 Å². The summed E-state index contributed by atoms with van der Waals surface area (Å²) >= 11 is 0. The van der Waals surface area contributed by atoms with Gasteiger partial charge in [-0.05, 0) is 18.2 Å². The van der Waals surface area contributed by atoms with Crippen molar-refractivity contribution < 1.29 is 4.79 Å². The summed E-state index contributed by atoms with van der Waals surface area (Å²) in [6.45, 7) is 6.09. The lowest BCUT2D eigenvalue weighted by Crippen LogP contribution is -2.34. The van der Waals surface area contributed by atoms with Crippen molar-refractivity contribution in [1.29, 1.82) is 0 Å². The first-order valence-electron chi connectivity index (χ1n) is 6.60. The molecule has 0 aliphatic rings. The van der Waals surface area contributed by atoms with Gasteiger partial charge in [0.15, 0.2) is 0 Å². The maximum atomic E-state index is 11.8. The highest BCUT2D eigenvalue weighted by Crippen LogP contribution is 2.17. The van der Waals surface area contributed by atoms with Gasteiger partial charge in [-0.3, -0.25) is 14.5 Å². The highest BCUT2D eigenvalue weighted by Gasteiger charge is 2.21. The van der Waals surface area contributed by atoms with E-state index in [-0.39, 0.29) is 5.91 Å². The molecule has 5 nitrogen and oxygen atoms in total. The number of aryl methyl sites for hydroxylation is 1. The summed E-state index contributed by atoms with van der Waals surface area (Å²) in [6, 6.07) is 7.71. The van der Waals surface area contributed by atoms with Crippen LogP contribution < -0.4 is 5.32 Å². The van der Waals surface area contributed by atoms with Crippen molar-refractivity contribution in [3.8, 4) is 11.4 Å². The van der Waals surface area contributed by atoms with E-state index in [0.29, 0.717) is 6.54 Å². The zero-order valence-corrected chi connectivity index (χ0v) is 12.3. The first kappa shape index (κ1) is 14.2. The summed E-state index contributed by atoms with van der Waals surface area (Å²) in [4.78, 5) is 16.2. The maximum Gasteiger partial charge on any atom is 0.225 e. The van der Waals surface area contributed by atoms with Crippen molar-refractivity contribution in [3.63, 3.8) is 0 Å². The fourth-order valence-corrected chi connectivity index (χ4v) is 1.80. The Balaban J connectivity index is 2.11. The lowest BCUT2D eigenvalue weighted by atomic mass is 9.96. The van der Waals surface area contributed by atoms with Gasteiger partial charge >= 0.3 is 0 Å². The quantitative estimate of drug-likeness (QED) is 0.931. The van der Waals surface area contributed by atoms with Crippen LogP contribution in [0.1, 0.15) is 26.5 Å². The molecule has 0 atom stereocenters. The number of nitrogens with one attached hydrogen (secondary N) is 1. The van der Waals surface area contributed by atoms with E-state index >= 15 is 0 Å². The van der Waals surface area contributed by atoms with E-state index in [2.05, 4.69) is 15.4 Å². The van der Waals surface area contributed by atoms with Gasteiger partial charge in [-0.25, -0.2) is 0 Å². The van der Waals surface area contributed by atoms with Crippen molar-refractivity contribution >= 4 is 5.91 Å². The predicted octanol–water partition coefficient (Wildman–Crippen LogP) is 2.14. The zero-order valence-electron chi connectivity index (χ0n) is 12.3. The zero-order chi connectivity index (χ0) is 14.8. The molecule has 2 rings (SSSR count). The second-order valence-corrected chi connectivity index (χ2v) is 5.79. The molecule has 0 aliphatic heterocycles. The van der Waals surface area contributed by atoms with E-state index in [1.807, 2.05) is 52.1 Å². The van der Waals surface area contributed by atoms with Crippen molar-refractivity contribution in [2.45, 2.75) is 27.3 Å². The average molecular weight is 272 g/mol. The predicted molar refractivity (Wildman–Crippen MR) is 77.7 cm³/mol. The number of hydrogen-bond acceptors (Lipinski definition) is 3. The number of aromatic nitrogens is 3. The summed E-state index contributed by atoms with van der Waals surface area (Å²) in [7, 11) is 1.87. The summed E-state index contributed by atoms with van der Waals surface area (Å²) < 4.78 is 1.78. The molecule has 0 unspecified atom stereocenters. The van der Waals surface area contributed by atoms with Gasteiger partial charge in [0.25, 0.3) is 0 Å². The van der Waals surface area contributed by atoms with Crippen LogP contribution in [0.5, 0.6) is 0 Å². The number of carbonyl (C=O) groups excluding carboxylic acids is 1. The van der Waals surface area contributed by atoms with E-state index in [0.717, 1.165) is 17.1 Å². The Morgan fingerprint density at radius 1 is 1.35 bits per heavy atom. The van der Waals surface area contributed by atoms with Gasteiger partial charge in [0.2, 0.25) is 5.91 Å². The molecule has 2 aromatic heterocycles. The molecule has 0 fully saturated rings. The third kappa shape index (κ3) is 3.23. The number of rotatable bonds is 3. The molecule has 0 saturated carbocycles. The SMILES string of the molecule is Cn1nc(CNC(=O)C(C)(C)C)cc1-c1ccccn1. The standard InChI is InChI=1S/C15H20N4O/c1-15(2,3)14(20)17-10-11-9-13(19(4)18-11)12-7-5-6-8-16-12/h5-9H,10H2,1-4H3,(H,17,20). The maximum absolute atomic E-state index is 11.8. The summed E-state index contributed by atoms with van der Waals surface area (Å²) in [6.07, 6.45) is 1.75. The molecule has 0 aromatic carbocycles. The fourth-order valence-electron chi connectivity index (χ4n) is 1.80. The molecule has 106 valence electrons. The normalized spacial score (nSPS) is 11.4. The smallest absolute Gasteiger partial charge is 0.225 e. The molecule has 0 spiro atoms. The highest BCUT2D eigenvalue weighted by atomic mass is 16.2. The lowest BCUT2D eigenvalue weighted by molar-refractivity contribution is -0.128. The first-order chi connectivity index (χ1) is 9.38. The molecule has 20 heavy (non-hydrogen) atoms. The summed E-state index contributed by atoms with van der Waals surface area (Å²) in [5.74, 6) is 0.0162. The third-order valence-corrected chi connectivity index (χ3v) is 2.97. The van der Waals surface area contributed by atoms with Gasteiger partial charge in [0.05, 0.1) is 23.6 Å². The number of pyridine rings is 1. The summed E-state index contributed by atoms with van der Waals surface area (Å²) in [5.41, 5.74) is 2.24. The summed E-state index contributed by atoms with van der Waals surface area (Å²) in [5, 5.41) is 7.30. The molecule has 2 heterocycles. The average Bonchev–Trinajstić information content (AvgIpc) is 2.77. The number of amides is 1. The van der Waals surface area contributed by atoms with E-state index < -0.39 is 5.41 Å². The third-order valence-electron chi connectivity index (χ3n) is 2.97. The second-order valence-electron chi connectivity index (χ2n) is 5.79. The van der Waals surface area contributed by atoms with Gasteiger partial charge in [0.1, 0.15) is 0 Å². The number of hydrogen-bond donors (Lipinski definition) is 1. The van der Waals surface area contributed by atoms with Crippen LogP contribution in [-0.2, 0) is 18.4 Å². The van der Waals surface area contributed by atoms with E-state index in [4.69, 9.17) is 0 Å². The van der Waals surface area contributed by atoms with Crippen molar-refractivity contribution in [2.24, 2.45) is 12.5 Å². The van der Waals surface area contributed by atoms with E-state index in [1.165, 1.54) is 0 Å². The first-order valence-corrected chi connectivity index (χ1v) is 6.60. The molecular formula is C15H20N4O. The molecule has 2 aromatic rings. The minimum Gasteiger partial charge on any atom is -0.350 e. The molecule has 1 amide bonds.